The molecule has 0 aromatic carbocycles. The minimum atomic E-state index is -5.13. The molecule has 0 amide bonds. The van der Waals surface area contributed by atoms with E-state index in [-0.39, 0.29) is 12.8 Å². The third-order valence-electron chi connectivity index (χ3n) is 10.6. The van der Waals surface area contributed by atoms with Gasteiger partial charge < -0.3 is 39.9 Å². The number of phosphoric acid groups is 1. The summed E-state index contributed by atoms with van der Waals surface area (Å²) >= 11 is 0. The Labute approximate surface area is 373 Å². The number of aliphatic hydroxyl groups excluding tert-OH is 5. The maximum absolute atomic E-state index is 12.8. The van der Waals surface area contributed by atoms with Gasteiger partial charge in [0, 0.05) is 12.8 Å². The molecule has 0 saturated heterocycles. The number of ether oxygens (including phenoxy) is 2. The van der Waals surface area contributed by atoms with Gasteiger partial charge in [-0.15, -0.1) is 0 Å². The summed E-state index contributed by atoms with van der Waals surface area (Å²) in [6.07, 6.45) is 32.7. The van der Waals surface area contributed by atoms with Crippen molar-refractivity contribution in [3.63, 3.8) is 0 Å². The SMILES string of the molecule is CCCCC/C=C\C/C=C\C/C=C\C/C=C\CCCCCC(=O)OC[C@H](COP(=O)(O)OC1C(O)C(O)C(O)[C@@H](O)C1O)OC(=O)CCCCCCC/C=C\CCCCCCC. The minimum Gasteiger partial charge on any atom is -0.462 e. The Morgan fingerprint density at radius 2 is 0.871 bits per heavy atom. The van der Waals surface area contributed by atoms with Crippen molar-refractivity contribution in [3.05, 3.63) is 60.8 Å². The van der Waals surface area contributed by atoms with Crippen molar-refractivity contribution in [2.24, 2.45) is 0 Å². The van der Waals surface area contributed by atoms with Gasteiger partial charge >= 0.3 is 19.8 Å². The van der Waals surface area contributed by atoms with Crippen LogP contribution in [0.1, 0.15) is 174 Å². The van der Waals surface area contributed by atoms with Crippen LogP contribution in [0.25, 0.3) is 0 Å². The Balaban J connectivity index is 2.48. The number of esters is 2. The van der Waals surface area contributed by atoms with Gasteiger partial charge in [-0.3, -0.25) is 18.6 Å². The molecule has 1 saturated carbocycles. The molecule has 1 rings (SSSR count). The van der Waals surface area contributed by atoms with E-state index in [1.54, 1.807) is 0 Å². The van der Waals surface area contributed by atoms with Crippen molar-refractivity contribution in [2.75, 3.05) is 13.2 Å². The first-order valence-corrected chi connectivity index (χ1v) is 25.1. The zero-order chi connectivity index (χ0) is 45.7. The summed E-state index contributed by atoms with van der Waals surface area (Å²) in [5, 5.41) is 50.1. The fraction of sp³-hybridized carbons (Fsp3) is 0.750. The molecule has 14 heteroatoms. The van der Waals surface area contributed by atoms with E-state index < -0.39 is 75.7 Å². The lowest BCUT2D eigenvalue weighted by Crippen LogP contribution is -2.64. The van der Waals surface area contributed by atoms with Gasteiger partial charge in [0.1, 0.15) is 43.2 Å². The molecule has 13 nitrogen and oxygen atoms in total. The molecule has 358 valence electrons. The summed E-state index contributed by atoms with van der Waals surface area (Å²) in [5.74, 6) is -1.15. The molecular formula is C48H83O13P. The van der Waals surface area contributed by atoms with Crippen molar-refractivity contribution < 1.29 is 63.1 Å². The van der Waals surface area contributed by atoms with E-state index in [2.05, 4.69) is 74.6 Å². The van der Waals surface area contributed by atoms with Crippen LogP contribution in [-0.2, 0) is 32.7 Å². The maximum Gasteiger partial charge on any atom is 0.472 e. The van der Waals surface area contributed by atoms with Crippen molar-refractivity contribution >= 4 is 19.8 Å². The summed E-state index contributed by atoms with van der Waals surface area (Å²) in [6.45, 7) is 3.22. The molecular weight excluding hydrogens is 815 g/mol. The fourth-order valence-electron chi connectivity index (χ4n) is 6.73. The largest absolute Gasteiger partial charge is 0.472 e. The van der Waals surface area contributed by atoms with Crippen LogP contribution in [0.3, 0.4) is 0 Å². The van der Waals surface area contributed by atoms with Gasteiger partial charge in [0.25, 0.3) is 0 Å². The van der Waals surface area contributed by atoms with Crippen molar-refractivity contribution in [3.8, 4) is 0 Å². The highest BCUT2D eigenvalue weighted by atomic mass is 31.2. The highest BCUT2D eigenvalue weighted by Crippen LogP contribution is 2.47. The number of hydrogen-bond acceptors (Lipinski definition) is 12. The highest BCUT2D eigenvalue weighted by Gasteiger charge is 2.51. The van der Waals surface area contributed by atoms with E-state index >= 15 is 0 Å². The molecule has 6 unspecified atom stereocenters. The molecule has 6 N–H and O–H groups in total. The van der Waals surface area contributed by atoms with Gasteiger partial charge in [0.2, 0.25) is 0 Å². The quantitative estimate of drug-likeness (QED) is 0.0148. The Morgan fingerprint density at radius 1 is 0.500 bits per heavy atom. The molecule has 0 radical (unpaired) electrons. The molecule has 0 aromatic heterocycles. The lowest BCUT2D eigenvalue weighted by molar-refractivity contribution is -0.220. The van der Waals surface area contributed by atoms with E-state index in [1.165, 1.54) is 51.4 Å². The second kappa shape index (κ2) is 37.9. The molecule has 1 aliphatic rings. The first-order valence-electron chi connectivity index (χ1n) is 23.6. The summed E-state index contributed by atoms with van der Waals surface area (Å²) in [6, 6.07) is 0. The third-order valence-corrected chi connectivity index (χ3v) is 11.6. The van der Waals surface area contributed by atoms with Gasteiger partial charge in [-0.2, -0.15) is 0 Å². The van der Waals surface area contributed by atoms with Crippen molar-refractivity contribution in [1.82, 2.24) is 0 Å². The van der Waals surface area contributed by atoms with Crippen LogP contribution >= 0.6 is 7.82 Å². The lowest BCUT2D eigenvalue weighted by Gasteiger charge is -2.41. The van der Waals surface area contributed by atoms with Crippen molar-refractivity contribution in [1.29, 1.82) is 0 Å². The van der Waals surface area contributed by atoms with Crippen LogP contribution in [0.5, 0.6) is 0 Å². The average molecular weight is 899 g/mol. The van der Waals surface area contributed by atoms with E-state index in [9.17, 15) is 44.6 Å². The molecule has 1 aliphatic carbocycles. The summed E-state index contributed by atoms with van der Waals surface area (Å²) < 4.78 is 33.5. The van der Waals surface area contributed by atoms with Crippen LogP contribution in [0, 0.1) is 0 Å². The molecule has 0 aromatic rings. The number of allylic oxidation sites excluding steroid dienone is 10. The van der Waals surface area contributed by atoms with Crippen molar-refractivity contribution in [2.45, 2.75) is 217 Å². The van der Waals surface area contributed by atoms with Gasteiger partial charge in [0.05, 0.1) is 6.61 Å². The van der Waals surface area contributed by atoms with E-state index in [0.29, 0.717) is 12.8 Å². The lowest BCUT2D eigenvalue weighted by atomic mass is 9.85. The topological polar surface area (TPSA) is 210 Å². The van der Waals surface area contributed by atoms with Gasteiger partial charge in [0.15, 0.2) is 6.10 Å². The predicted octanol–water partition coefficient (Wildman–Crippen LogP) is 9.34. The normalized spacial score (nSPS) is 22.4. The molecule has 0 aliphatic heterocycles. The van der Waals surface area contributed by atoms with Gasteiger partial charge in [-0.1, -0.05) is 139 Å². The zero-order valence-electron chi connectivity index (χ0n) is 37.9. The van der Waals surface area contributed by atoms with Crippen LogP contribution in [-0.4, -0.2) is 98.3 Å². The van der Waals surface area contributed by atoms with Crippen LogP contribution < -0.4 is 0 Å². The van der Waals surface area contributed by atoms with Crippen LogP contribution in [0.4, 0.5) is 0 Å². The molecule has 0 spiro atoms. The molecule has 62 heavy (non-hydrogen) atoms. The second-order valence-corrected chi connectivity index (χ2v) is 17.7. The molecule has 1 fully saturated rings. The first kappa shape index (κ1) is 57.6. The molecule has 0 heterocycles. The number of unbranched alkanes of at least 4 members (excludes halogenated alkanes) is 16. The number of phosphoric ester groups is 1. The Hall–Kier alpha value is -2.45. The zero-order valence-corrected chi connectivity index (χ0v) is 38.8. The molecule has 0 bridgehead atoms. The smallest absolute Gasteiger partial charge is 0.462 e. The second-order valence-electron chi connectivity index (χ2n) is 16.3. The van der Waals surface area contributed by atoms with Gasteiger partial charge in [-0.05, 0) is 83.5 Å². The fourth-order valence-corrected chi connectivity index (χ4v) is 7.71. The Kier molecular flexibility index (Phi) is 35.2. The van der Waals surface area contributed by atoms with Crippen LogP contribution in [0.2, 0.25) is 0 Å². The number of carbonyl (C=O) groups is 2. The summed E-state index contributed by atoms with van der Waals surface area (Å²) in [4.78, 5) is 35.7. The Morgan fingerprint density at radius 3 is 1.39 bits per heavy atom. The first-order chi connectivity index (χ1) is 29.9. The monoisotopic (exact) mass is 899 g/mol. The standard InChI is InChI=1S/C48H83O13P/c1-3-5-7-9-11-13-15-17-19-20-21-22-23-25-26-28-30-32-34-36-41(49)58-38-40(39-59-62(56,57)61-48-46(54)44(52)43(51)45(53)47(48)55)60-42(50)37-35-33-31-29-27-24-18-16-14-12-10-8-6-4-2/h11,13,16-19,21-22,25-26,40,43-48,51-55H,3-10,12,14-15,20,23-24,27-39H2,1-2H3,(H,56,57)/b13-11-,18-16-,19-17-,22-21-,26-25-/t40-,43?,44-,45?,46?,47?,48?/m1/s1. The number of rotatable bonds is 38. The molecule has 8 atom stereocenters. The number of hydrogen-bond donors (Lipinski definition) is 6. The number of carbonyl (C=O) groups excluding carboxylic acids is 2. The van der Waals surface area contributed by atoms with E-state index in [1.807, 2.05) is 0 Å². The van der Waals surface area contributed by atoms with Crippen LogP contribution in [0.15, 0.2) is 60.8 Å². The minimum absolute atomic E-state index is 0.0771. The van der Waals surface area contributed by atoms with E-state index in [0.717, 1.165) is 83.5 Å². The predicted molar refractivity (Wildman–Crippen MR) is 244 cm³/mol. The highest BCUT2D eigenvalue weighted by molar-refractivity contribution is 7.47. The third kappa shape index (κ3) is 29.8. The Bertz CT molecular complexity index is 1320. The number of aliphatic hydroxyl groups is 5. The average Bonchev–Trinajstić information content (AvgIpc) is 3.25. The summed E-state index contributed by atoms with van der Waals surface area (Å²) in [7, 11) is -5.13. The maximum atomic E-state index is 12.8. The van der Waals surface area contributed by atoms with E-state index in [4.69, 9.17) is 18.5 Å². The van der Waals surface area contributed by atoms with Gasteiger partial charge in [-0.25, -0.2) is 4.57 Å². The summed E-state index contributed by atoms with van der Waals surface area (Å²) in [5.41, 5.74) is 0.